The highest BCUT2D eigenvalue weighted by Crippen LogP contribution is 2.40. The van der Waals surface area contributed by atoms with Crippen LogP contribution in [0, 0.1) is 11.3 Å². The van der Waals surface area contributed by atoms with E-state index in [-0.39, 0.29) is 33.8 Å². The van der Waals surface area contributed by atoms with E-state index in [1.54, 1.807) is 26.0 Å². The number of amides is 2. The number of aromatic hydroxyl groups is 1. The number of nitrogens with one attached hydrogen (secondary N) is 2. The maximum absolute atomic E-state index is 11.9. The Balaban J connectivity index is 2.20. The SMILES string of the molecule is C=C(C)c1cc(Oc2c(Cl)cc(NN=C(C#N)C(=O)NC(=O)OCC)cc2Cl)ccc1O. The minimum atomic E-state index is -1.05. The number of carbonyl (C=O) groups is 2. The van der Waals surface area contributed by atoms with Gasteiger partial charge in [0.25, 0.3) is 5.91 Å². The third kappa shape index (κ3) is 6.38. The zero-order valence-electron chi connectivity index (χ0n) is 17.0. The summed E-state index contributed by atoms with van der Waals surface area (Å²) in [5.41, 5.74) is 3.24. The summed E-state index contributed by atoms with van der Waals surface area (Å²) in [5, 5.41) is 24.7. The van der Waals surface area contributed by atoms with Crippen LogP contribution in [0.4, 0.5) is 10.5 Å². The molecule has 0 atom stereocenters. The average molecular weight is 477 g/mol. The van der Waals surface area contributed by atoms with Gasteiger partial charge in [-0.1, -0.05) is 29.8 Å². The fourth-order valence-corrected chi connectivity index (χ4v) is 2.89. The molecule has 0 saturated heterocycles. The van der Waals surface area contributed by atoms with E-state index in [0.717, 1.165) is 0 Å². The van der Waals surface area contributed by atoms with Crippen LogP contribution in [0.2, 0.25) is 10.0 Å². The second kappa shape index (κ2) is 11.0. The third-order valence-corrected chi connectivity index (χ3v) is 4.32. The molecular formula is C21H18Cl2N4O5. The molecule has 0 aromatic heterocycles. The third-order valence-electron chi connectivity index (χ3n) is 3.75. The molecule has 0 unspecified atom stereocenters. The molecule has 2 aromatic carbocycles. The summed E-state index contributed by atoms with van der Waals surface area (Å²) in [5.74, 6) is -0.483. The molecule has 0 fully saturated rings. The Bertz CT molecular complexity index is 1120. The van der Waals surface area contributed by atoms with Gasteiger partial charge in [-0.2, -0.15) is 10.4 Å². The van der Waals surface area contributed by atoms with Crippen LogP contribution in [0.1, 0.15) is 19.4 Å². The number of halogens is 2. The number of hydrogen-bond donors (Lipinski definition) is 3. The van der Waals surface area contributed by atoms with Crippen LogP contribution in [0.25, 0.3) is 5.57 Å². The summed E-state index contributed by atoms with van der Waals surface area (Å²) in [6.07, 6.45) is -1.00. The van der Waals surface area contributed by atoms with Gasteiger partial charge >= 0.3 is 6.09 Å². The number of alkyl carbamates (subject to hydrolysis) is 1. The number of allylic oxidation sites excluding steroid dienone is 1. The molecule has 0 radical (unpaired) electrons. The van der Waals surface area contributed by atoms with E-state index in [2.05, 4.69) is 21.8 Å². The topological polar surface area (TPSA) is 133 Å². The van der Waals surface area contributed by atoms with Gasteiger partial charge in [-0.15, -0.1) is 0 Å². The minimum absolute atomic E-state index is 0.0553. The highest BCUT2D eigenvalue weighted by molar-refractivity contribution is 6.47. The molecule has 3 N–H and O–H groups in total. The molecule has 0 aliphatic heterocycles. The Morgan fingerprint density at radius 2 is 1.91 bits per heavy atom. The Labute approximate surface area is 193 Å². The molecule has 2 rings (SSSR count). The number of anilines is 1. The van der Waals surface area contributed by atoms with Crippen molar-refractivity contribution in [3.63, 3.8) is 0 Å². The number of ether oxygens (including phenoxy) is 2. The van der Waals surface area contributed by atoms with Crippen molar-refractivity contribution < 1.29 is 24.2 Å². The van der Waals surface area contributed by atoms with Gasteiger partial charge in [0.05, 0.1) is 22.3 Å². The Hall–Kier alpha value is -3.74. The molecule has 11 heteroatoms. The first-order valence-corrected chi connectivity index (χ1v) is 9.79. The monoisotopic (exact) mass is 476 g/mol. The highest BCUT2D eigenvalue weighted by atomic mass is 35.5. The molecule has 9 nitrogen and oxygen atoms in total. The smallest absolute Gasteiger partial charge is 0.414 e. The predicted octanol–water partition coefficient (Wildman–Crippen LogP) is 5.09. The van der Waals surface area contributed by atoms with Crippen LogP contribution in [0.3, 0.4) is 0 Å². The van der Waals surface area contributed by atoms with Gasteiger partial charge in [-0.05, 0) is 49.8 Å². The fraction of sp³-hybridized carbons (Fsp3) is 0.143. The zero-order chi connectivity index (χ0) is 23.8. The Kier molecular flexibility index (Phi) is 8.46. The zero-order valence-corrected chi connectivity index (χ0v) is 18.5. The van der Waals surface area contributed by atoms with Crippen molar-refractivity contribution in [1.82, 2.24) is 5.32 Å². The van der Waals surface area contributed by atoms with Gasteiger partial charge in [0.1, 0.15) is 17.6 Å². The molecule has 0 aliphatic rings. The standard InChI is InChI=1S/C21H18Cl2N4O5/c1-4-31-21(30)25-20(29)17(10-24)27-26-12-7-15(22)19(16(23)8-12)32-13-5-6-18(28)14(9-13)11(2)3/h5-9,26,28H,2,4H2,1,3H3,(H,25,29,30). The van der Waals surface area contributed by atoms with Crippen LogP contribution in [0.15, 0.2) is 42.0 Å². The lowest BCUT2D eigenvalue weighted by Crippen LogP contribution is -2.36. The second-order valence-corrected chi connectivity index (χ2v) is 7.00. The molecule has 166 valence electrons. The van der Waals surface area contributed by atoms with Gasteiger partial charge in [-0.3, -0.25) is 15.5 Å². The lowest BCUT2D eigenvalue weighted by Gasteiger charge is -2.13. The molecular weight excluding hydrogens is 459 g/mol. The van der Waals surface area contributed by atoms with Gasteiger partial charge in [0, 0.05) is 5.56 Å². The molecule has 0 bridgehead atoms. The van der Waals surface area contributed by atoms with E-state index in [4.69, 9.17) is 33.2 Å². The fourth-order valence-electron chi connectivity index (χ4n) is 2.33. The number of nitriles is 1. The number of hydrogen-bond acceptors (Lipinski definition) is 8. The molecule has 0 heterocycles. The number of phenols is 1. The van der Waals surface area contributed by atoms with E-state index in [9.17, 15) is 14.7 Å². The number of nitrogens with zero attached hydrogens (tertiary/aromatic N) is 2. The normalized spacial score (nSPS) is 10.7. The number of hydrazone groups is 1. The number of rotatable bonds is 7. The van der Waals surface area contributed by atoms with Gasteiger partial charge in [0.15, 0.2) is 5.75 Å². The van der Waals surface area contributed by atoms with Gasteiger partial charge in [-0.25, -0.2) is 4.79 Å². The second-order valence-electron chi connectivity index (χ2n) is 6.19. The number of imide groups is 1. The summed E-state index contributed by atoms with van der Waals surface area (Å²) in [7, 11) is 0. The quantitative estimate of drug-likeness (QED) is 0.374. The molecule has 2 amide bonds. The van der Waals surface area contributed by atoms with Gasteiger partial charge < -0.3 is 14.6 Å². The van der Waals surface area contributed by atoms with Gasteiger partial charge in [0.2, 0.25) is 5.71 Å². The van der Waals surface area contributed by atoms with E-state index >= 15 is 0 Å². The maximum atomic E-state index is 11.9. The maximum Gasteiger partial charge on any atom is 0.414 e. The van der Waals surface area contributed by atoms with Crippen LogP contribution in [-0.4, -0.2) is 29.4 Å². The molecule has 32 heavy (non-hydrogen) atoms. The van der Waals surface area contributed by atoms with Crippen molar-refractivity contribution in [2.75, 3.05) is 12.0 Å². The Morgan fingerprint density at radius 1 is 1.25 bits per heavy atom. The number of carbonyl (C=O) groups excluding carboxylic acids is 2. The average Bonchev–Trinajstić information content (AvgIpc) is 2.72. The first-order chi connectivity index (χ1) is 15.2. The summed E-state index contributed by atoms with van der Waals surface area (Å²) >= 11 is 12.5. The van der Waals surface area contributed by atoms with E-state index < -0.39 is 17.7 Å². The number of phenolic OH excluding ortho intramolecular Hbond substituents is 1. The minimum Gasteiger partial charge on any atom is -0.507 e. The summed E-state index contributed by atoms with van der Waals surface area (Å²) < 4.78 is 10.3. The van der Waals surface area contributed by atoms with Crippen LogP contribution < -0.4 is 15.5 Å². The predicted molar refractivity (Wildman–Crippen MR) is 121 cm³/mol. The van der Waals surface area contributed by atoms with E-state index in [1.165, 1.54) is 24.3 Å². The van der Waals surface area contributed by atoms with Crippen LogP contribution >= 0.6 is 23.2 Å². The van der Waals surface area contributed by atoms with Crippen molar-refractivity contribution in [2.24, 2.45) is 5.10 Å². The number of benzene rings is 2. The lowest BCUT2D eigenvalue weighted by atomic mass is 10.1. The van der Waals surface area contributed by atoms with Crippen molar-refractivity contribution in [1.29, 1.82) is 5.26 Å². The first kappa shape index (κ1) is 24.5. The summed E-state index contributed by atoms with van der Waals surface area (Å²) in [6.45, 7) is 7.15. The molecule has 0 spiro atoms. The summed E-state index contributed by atoms with van der Waals surface area (Å²) in [6, 6.07) is 8.95. The van der Waals surface area contributed by atoms with E-state index in [1.807, 2.05) is 5.32 Å². The van der Waals surface area contributed by atoms with Crippen molar-refractivity contribution in [2.45, 2.75) is 13.8 Å². The van der Waals surface area contributed by atoms with Crippen molar-refractivity contribution in [3.05, 3.63) is 52.5 Å². The first-order valence-electron chi connectivity index (χ1n) is 9.04. The molecule has 0 saturated carbocycles. The largest absolute Gasteiger partial charge is 0.507 e. The molecule has 0 aliphatic carbocycles. The Morgan fingerprint density at radius 3 is 2.47 bits per heavy atom. The van der Waals surface area contributed by atoms with E-state index in [0.29, 0.717) is 16.9 Å². The lowest BCUT2D eigenvalue weighted by molar-refractivity contribution is -0.114. The highest BCUT2D eigenvalue weighted by Gasteiger charge is 2.16. The van der Waals surface area contributed by atoms with Crippen LogP contribution in [-0.2, 0) is 9.53 Å². The van der Waals surface area contributed by atoms with Crippen molar-refractivity contribution >= 4 is 52.2 Å². The summed E-state index contributed by atoms with van der Waals surface area (Å²) in [4.78, 5) is 23.2. The van der Waals surface area contributed by atoms with Crippen LogP contribution in [0.5, 0.6) is 17.2 Å². The van der Waals surface area contributed by atoms with Crippen molar-refractivity contribution in [3.8, 4) is 23.3 Å². The molecule has 2 aromatic rings.